The molecule has 5 fully saturated rings. The van der Waals surface area contributed by atoms with Crippen molar-refractivity contribution < 1.29 is 23.9 Å². The second-order valence-corrected chi connectivity index (χ2v) is 14.9. The van der Waals surface area contributed by atoms with E-state index in [1.54, 1.807) is 11.3 Å². The van der Waals surface area contributed by atoms with E-state index in [-0.39, 0.29) is 34.9 Å². The van der Waals surface area contributed by atoms with Crippen LogP contribution in [-0.4, -0.2) is 65.6 Å². The van der Waals surface area contributed by atoms with Crippen molar-refractivity contribution in [3.63, 3.8) is 0 Å². The number of hydrogen-bond donors (Lipinski definition) is 4. The van der Waals surface area contributed by atoms with Gasteiger partial charge in [0.25, 0.3) is 0 Å². The summed E-state index contributed by atoms with van der Waals surface area (Å²) in [6.45, 7) is 11.5. The molecule has 2 bridgehead atoms. The molecule has 3 saturated carbocycles. The number of rotatable bonds is 16. The summed E-state index contributed by atoms with van der Waals surface area (Å²) in [6, 6.07) is 3.32. The largest absolute Gasteiger partial charge is 0.481 e. The number of amides is 2. The first-order valence-corrected chi connectivity index (χ1v) is 16.6. The van der Waals surface area contributed by atoms with E-state index >= 15 is 0 Å². The van der Waals surface area contributed by atoms with Crippen LogP contribution in [0.15, 0.2) is 17.5 Å². The molecule has 5 aliphatic rings. The SMILES string of the molecule is CC(C)C[C@H](NC(=O)[C@H](CCCNC1NN1[N+](=O)[O-])NC(=O)CCCc1cccs1)B1O[C@@H]2C[C@@H]3C[C@@H](C3(C)C)[C@]2(C)O1. The minimum Gasteiger partial charge on any atom is -0.404 e. The normalized spacial score (nSPS) is 29.9. The van der Waals surface area contributed by atoms with Crippen molar-refractivity contribution in [2.24, 2.45) is 23.2 Å². The maximum absolute atomic E-state index is 13.8. The number of hydrogen-bond acceptors (Lipinski definition) is 9. The van der Waals surface area contributed by atoms with Crippen LogP contribution in [0.4, 0.5) is 0 Å². The summed E-state index contributed by atoms with van der Waals surface area (Å²) >= 11 is 1.67. The highest BCUT2D eigenvalue weighted by Gasteiger charge is 2.68. The van der Waals surface area contributed by atoms with Crippen molar-refractivity contribution in [3.8, 4) is 0 Å². The van der Waals surface area contributed by atoms with E-state index in [1.165, 1.54) is 4.88 Å². The van der Waals surface area contributed by atoms with Crippen LogP contribution in [0.2, 0.25) is 0 Å². The van der Waals surface area contributed by atoms with Crippen molar-refractivity contribution in [2.75, 3.05) is 6.54 Å². The fraction of sp³-hybridized carbons (Fsp3) is 0.793. The lowest BCUT2D eigenvalue weighted by atomic mass is 9.43. The Bertz CT molecular complexity index is 1160. The average Bonchev–Trinajstić information content (AvgIpc) is 3.35. The number of nitro groups is 1. The lowest BCUT2D eigenvalue weighted by Crippen LogP contribution is -2.65. The molecule has 2 saturated heterocycles. The lowest BCUT2D eigenvalue weighted by molar-refractivity contribution is -0.627. The Hall–Kier alpha value is -2.26. The van der Waals surface area contributed by atoms with Gasteiger partial charge in [0, 0.05) is 11.3 Å². The highest BCUT2D eigenvalue weighted by Crippen LogP contribution is 2.65. The number of aryl methyl sites for hydroxylation is 1. The van der Waals surface area contributed by atoms with Crippen LogP contribution >= 0.6 is 11.3 Å². The van der Waals surface area contributed by atoms with Gasteiger partial charge in [-0.05, 0) is 98.1 Å². The predicted molar refractivity (Wildman–Crippen MR) is 164 cm³/mol. The first-order chi connectivity index (χ1) is 20.4. The Balaban J connectivity index is 1.20. The molecule has 3 heterocycles. The van der Waals surface area contributed by atoms with Crippen LogP contribution < -0.4 is 21.4 Å². The topological polar surface area (TPSA) is 157 Å². The quantitative estimate of drug-likeness (QED) is 0.0719. The zero-order valence-electron chi connectivity index (χ0n) is 26.0. The number of nitrogens with one attached hydrogen (secondary N) is 4. The average molecular weight is 619 g/mol. The first kappa shape index (κ1) is 32.1. The minimum atomic E-state index is -0.740. The number of nitrogens with zero attached hydrogens (tertiary/aromatic N) is 2. The molecule has 7 atom stereocenters. The third kappa shape index (κ3) is 7.19. The van der Waals surface area contributed by atoms with Crippen molar-refractivity contribution >= 4 is 30.3 Å². The molecular formula is C29H47BN6O6S. The molecule has 1 aromatic heterocycles. The molecular weight excluding hydrogens is 571 g/mol. The molecule has 2 aliphatic heterocycles. The third-order valence-electron chi connectivity index (χ3n) is 10.0. The van der Waals surface area contributed by atoms with Gasteiger partial charge < -0.3 is 19.9 Å². The molecule has 0 spiro atoms. The maximum Gasteiger partial charge on any atom is 0.481 e. The lowest BCUT2D eigenvalue weighted by Gasteiger charge is -2.64. The van der Waals surface area contributed by atoms with Crippen LogP contribution in [0.25, 0.3) is 0 Å². The van der Waals surface area contributed by atoms with Crippen LogP contribution in [0.5, 0.6) is 0 Å². The van der Waals surface area contributed by atoms with Crippen molar-refractivity contribution in [3.05, 3.63) is 32.5 Å². The molecule has 3 aliphatic carbocycles. The van der Waals surface area contributed by atoms with Crippen LogP contribution in [0, 0.1) is 33.3 Å². The summed E-state index contributed by atoms with van der Waals surface area (Å²) in [5.41, 5.74) is 2.45. The highest BCUT2D eigenvalue weighted by molar-refractivity contribution is 7.09. The van der Waals surface area contributed by atoms with Crippen molar-refractivity contribution in [2.45, 2.75) is 116 Å². The van der Waals surface area contributed by atoms with Crippen molar-refractivity contribution in [1.82, 2.24) is 26.5 Å². The molecule has 43 heavy (non-hydrogen) atoms. The molecule has 0 aromatic carbocycles. The zero-order chi connectivity index (χ0) is 30.9. The number of carbonyl (C=O) groups is 2. The third-order valence-corrected chi connectivity index (χ3v) is 11.0. The molecule has 238 valence electrons. The fourth-order valence-corrected chi connectivity index (χ4v) is 8.18. The smallest absolute Gasteiger partial charge is 0.404 e. The maximum atomic E-state index is 13.8. The Morgan fingerprint density at radius 1 is 1.26 bits per heavy atom. The monoisotopic (exact) mass is 618 g/mol. The zero-order valence-corrected chi connectivity index (χ0v) is 26.8. The van der Waals surface area contributed by atoms with Gasteiger partial charge in [0.15, 0.2) is 5.03 Å². The van der Waals surface area contributed by atoms with E-state index in [4.69, 9.17) is 9.31 Å². The second kappa shape index (κ2) is 13.0. The summed E-state index contributed by atoms with van der Waals surface area (Å²) < 4.78 is 13.3. The van der Waals surface area contributed by atoms with E-state index in [9.17, 15) is 19.7 Å². The molecule has 2 amide bonds. The summed E-state index contributed by atoms with van der Waals surface area (Å²) in [5, 5.41) is 22.4. The van der Waals surface area contributed by atoms with E-state index in [0.717, 1.165) is 24.4 Å². The number of hydrazine groups is 2. The summed E-state index contributed by atoms with van der Waals surface area (Å²) in [7, 11) is -0.547. The molecule has 4 N–H and O–H groups in total. The standard InChI is InChI=1S/C29H47BN6O6S/c1-18(2)15-24(30-41-23-17-19-16-22(28(19,3)4)29(23,5)42-30)33-26(38)21(11-7-13-31-27-34-35(27)36(39)40)32-25(37)12-6-9-20-10-8-14-43-20/h8,10,14,18-19,21-24,27,31,34H,6-7,9,11-13,15-17H2,1-5H3,(H,32,37)(H,33,38)/t19-,21-,22-,23+,24-,27?,29-,35?/m0/s1. The predicted octanol–water partition coefficient (Wildman–Crippen LogP) is 3.02. The fourth-order valence-electron chi connectivity index (χ4n) is 7.42. The molecule has 0 radical (unpaired) electrons. The van der Waals surface area contributed by atoms with Gasteiger partial charge in [0.05, 0.1) is 17.6 Å². The van der Waals surface area contributed by atoms with Crippen LogP contribution in [-0.2, 0) is 25.3 Å². The Morgan fingerprint density at radius 2 is 2.05 bits per heavy atom. The highest BCUT2D eigenvalue weighted by atomic mass is 32.1. The van der Waals surface area contributed by atoms with E-state index in [1.807, 2.05) is 11.4 Å². The molecule has 6 rings (SSSR count). The molecule has 1 unspecified atom stereocenters. The van der Waals surface area contributed by atoms with Crippen LogP contribution in [0.1, 0.15) is 84.4 Å². The van der Waals surface area contributed by atoms with Gasteiger partial charge in [-0.25, -0.2) is 10.1 Å². The summed E-state index contributed by atoms with van der Waals surface area (Å²) in [5.74, 6) is 0.574. The van der Waals surface area contributed by atoms with Gasteiger partial charge in [0.2, 0.25) is 18.1 Å². The Labute approximate surface area is 258 Å². The van der Waals surface area contributed by atoms with Gasteiger partial charge in [-0.2, -0.15) is 0 Å². The van der Waals surface area contributed by atoms with Gasteiger partial charge in [-0.3, -0.25) is 14.9 Å². The molecule has 12 nitrogen and oxygen atoms in total. The molecule has 14 heteroatoms. The Morgan fingerprint density at radius 3 is 2.70 bits per heavy atom. The van der Waals surface area contributed by atoms with E-state index < -0.39 is 24.5 Å². The van der Waals surface area contributed by atoms with E-state index in [0.29, 0.717) is 56.4 Å². The number of thiophene rings is 1. The summed E-state index contributed by atoms with van der Waals surface area (Å²) in [6.07, 6.45) is 5.07. The minimum absolute atomic E-state index is 0.0144. The van der Waals surface area contributed by atoms with Gasteiger partial charge in [-0.1, -0.05) is 33.8 Å². The van der Waals surface area contributed by atoms with Crippen molar-refractivity contribution in [1.29, 1.82) is 0 Å². The van der Waals surface area contributed by atoms with Gasteiger partial charge >= 0.3 is 7.12 Å². The second-order valence-electron chi connectivity index (χ2n) is 13.8. The summed E-state index contributed by atoms with van der Waals surface area (Å²) in [4.78, 5) is 38.8. The molecule has 1 aromatic rings. The van der Waals surface area contributed by atoms with Gasteiger partial charge in [-0.15, -0.1) is 16.8 Å². The van der Waals surface area contributed by atoms with E-state index in [2.05, 4.69) is 62.1 Å². The first-order valence-electron chi connectivity index (χ1n) is 15.8. The van der Waals surface area contributed by atoms with Crippen LogP contribution in [0.3, 0.4) is 0 Å². The Kier molecular flexibility index (Phi) is 9.72. The van der Waals surface area contributed by atoms with Gasteiger partial charge in [0.1, 0.15) is 6.04 Å². The number of carbonyl (C=O) groups excluding carboxylic acids is 2.